The third-order valence-electron chi connectivity index (χ3n) is 3.43. The second-order valence-electron chi connectivity index (χ2n) is 5.96. The lowest BCUT2D eigenvalue weighted by Crippen LogP contribution is -2.21. The molecule has 0 bridgehead atoms. The van der Waals surface area contributed by atoms with Crippen LogP contribution < -0.4 is 19.3 Å². The molecular weight excluding hydrogens is 342 g/mol. The molecule has 0 aliphatic rings. The topological polar surface area (TPSA) is 87.7 Å². The van der Waals surface area contributed by atoms with Crippen molar-refractivity contribution in [3.05, 3.63) is 30.0 Å². The Balaban J connectivity index is 2.50. The zero-order chi connectivity index (χ0) is 18.8. The van der Waals surface area contributed by atoms with Gasteiger partial charge in [0.05, 0.1) is 13.3 Å². The van der Waals surface area contributed by atoms with Gasteiger partial charge in [0.15, 0.2) is 5.82 Å². The highest BCUT2D eigenvalue weighted by Crippen LogP contribution is 2.30. The van der Waals surface area contributed by atoms with Crippen LogP contribution in [-0.2, 0) is 10.0 Å². The first-order valence-electron chi connectivity index (χ1n) is 7.55. The molecule has 0 fully saturated rings. The van der Waals surface area contributed by atoms with Crippen LogP contribution in [0.15, 0.2) is 29.3 Å². The van der Waals surface area contributed by atoms with Crippen molar-refractivity contribution in [2.24, 2.45) is 0 Å². The highest BCUT2D eigenvalue weighted by Gasteiger charge is 2.22. The Labute approximate surface area is 148 Å². The largest absolute Gasteiger partial charge is 0.495 e. The first-order valence-corrected chi connectivity index (χ1v) is 9.03. The summed E-state index contributed by atoms with van der Waals surface area (Å²) >= 11 is 0. The summed E-state index contributed by atoms with van der Waals surface area (Å²) in [4.78, 5) is 12.1. The minimum Gasteiger partial charge on any atom is -0.495 e. The number of aryl methyl sites for hydroxylation is 1. The maximum Gasteiger partial charge on any atom is 0.265 e. The molecule has 1 N–H and O–H groups in total. The molecule has 0 radical (unpaired) electrons. The summed E-state index contributed by atoms with van der Waals surface area (Å²) < 4.78 is 33.4. The van der Waals surface area contributed by atoms with Gasteiger partial charge in [0.2, 0.25) is 5.95 Å². The van der Waals surface area contributed by atoms with Gasteiger partial charge in [0, 0.05) is 28.2 Å². The van der Waals surface area contributed by atoms with Gasteiger partial charge in [-0.15, -0.1) is 0 Å². The first kappa shape index (κ1) is 18.8. The molecule has 2 aromatic rings. The van der Waals surface area contributed by atoms with Crippen molar-refractivity contribution < 1.29 is 13.2 Å². The maximum absolute atomic E-state index is 12.9. The number of hydrogen-bond donors (Lipinski definition) is 1. The van der Waals surface area contributed by atoms with Gasteiger partial charge in [-0.25, -0.2) is 13.4 Å². The molecule has 0 unspecified atom stereocenters. The number of nitrogens with zero attached hydrogens (tertiary/aromatic N) is 4. The number of rotatable bonds is 6. The van der Waals surface area contributed by atoms with Crippen LogP contribution in [0.5, 0.6) is 5.75 Å². The predicted octanol–water partition coefficient (Wildman–Crippen LogP) is 1.73. The number of ether oxygens (including phenoxy) is 1. The molecular formula is C16H23N5O3S. The quantitative estimate of drug-likeness (QED) is 0.834. The van der Waals surface area contributed by atoms with Gasteiger partial charge < -0.3 is 14.5 Å². The van der Waals surface area contributed by atoms with E-state index in [1.807, 2.05) is 21.0 Å². The van der Waals surface area contributed by atoms with Crippen LogP contribution in [0.1, 0.15) is 5.56 Å². The average molecular weight is 365 g/mol. The van der Waals surface area contributed by atoms with Crippen LogP contribution in [0.4, 0.5) is 17.5 Å². The first-order chi connectivity index (χ1) is 11.7. The Morgan fingerprint density at radius 2 is 1.80 bits per heavy atom. The highest BCUT2D eigenvalue weighted by atomic mass is 32.2. The van der Waals surface area contributed by atoms with Crippen LogP contribution in [0, 0.1) is 6.92 Å². The van der Waals surface area contributed by atoms with E-state index in [4.69, 9.17) is 4.74 Å². The molecule has 1 heterocycles. The van der Waals surface area contributed by atoms with Crippen molar-refractivity contribution in [3.8, 4) is 5.75 Å². The fourth-order valence-corrected chi connectivity index (χ4v) is 3.49. The number of anilines is 3. The standard InChI is InChI=1S/C16H23N5O3S/c1-11-7-8-13(24-6)14(9-11)25(22,23)19-12-10-17-16(21(4)5)18-15(12)20(2)3/h7-10,19H,1-6H3. The lowest BCUT2D eigenvalue weighted by Gasteiger charge is -2.20. The van der Waals surface area contributed by atoms with E-state index in [-0.39, 0.29) is 10.6 Å². The second-order valence-corrected chi connectivity index (χ2v) is 7.61. The molecule has 136 valence electrons. The summed E-state index contributed by atoms with van der Waals surface area (Å²) in [7, 11) is 4.77. The van der Waals surface area contributed by atoms with Crippen LogP contribution >= 0.6 is 0 Å². The third-order valence-corrected chi connectivity index (χ3v) is 4.82. The summed E-state index contributed by atoms with van der Waals surface area (Å²) in [6.45, 7) is 1.82. The fourth-order valence-electron chi connectivity index (χ4n) is 2.19. The molecule has 0 spiro atoms. The van der Waals surface area contributed by atoms with Gasteiger partial charge in [0.25, 0.3) is 10.0 Å². The van der Waals surface area contributed by atoms with Crippen molar-refractivity contribution >= 4 is 27.5 Å². The number of aromatic nitrogens is 2. The Morgan fingerprint density at radius 3 is 2.36 bits per heavy atom. The Kier molecular flexibility index (Phi) is 5.36. The number of nitrogens with one attached hydrogen (secondary N) is 1. The van der Waals surface area contributed by atoms with E-state index in [0.29, 0.717) is 17.5 Å². The highest BCUT2D eigenvalue weighted by molar-refractivity contribution is 7.92. The van der Waals surface area contributed by atoms with Crippen LogP contribution in [0.3, 0.4) is 0 Å². The Morgan fingerprint density at radius 1 is 1.12 bits per heavy atom. The molecule has 1 aromatic heterocycles. The van der Waals surface area contributed by atoms with Crippen molar-refractivity contribution in [1.82, 2.24) is 9.97 Å². The Bertz CT molecular complexity index is 866. The van der Waals surface area contributed by atoms with Gasteiger partial charge in [-0.2, -0.15) is 4.98 Å². The summed E-state index contributed by atoms with van der Waals surface area (Å²) in [6.07, 6.45) is 1.46. The lowest BCUT2D eigenvalue weighted by atomic mass is 10.2. The van der Waals surface area contributed by atoms with E-state index < -0.39 is 10.0 Å². The van der Waals surface area contributed by atoms with E-state index >= 15 is 0 Å². The normalized spacial score (nSPS) is 11.1. The van der Waals surface area contributed by atoms with Gasteiger partial charge in [-0.3, -0.25) is 4.72 Å². The number of benzene rings is 1. The monoisotopic (exact) mass is 365 g/mol. The molecule has 0 saturated heterocycles. The summed E-state index contributed by atoms with van der Waals surface area (Å²) in [6, 6.07) is 4.98. The average Bonchev–Trinajstić information content (AvgIpc) is 2.54. The van der Waals surface area contributed by atoms with E-state index in [1.54, 1.807) is 42.1 Å². The predicted molar refractivity (Wildman–Crippen MR) is 99.2 cm³/mol. The van der Waals surface area contributed by atoms with Gasteiger partial charge in [0.1, 0.15) is 16.3 Å². The van der Waals surface area contributed by atoms with Crippen LogP contribution in [-0.4, -0.2) is 53.7 Å². The Hall–Kier alpha value is -2.55. The molecule has 0 atom stereocenters. The van der Waals surface area contributed by atoms with E-state index in [2.05, 4.69) is 14.7 Å². The number of methoxy groups -OCH3 is 1. The number of hydrogen-bond acceptors (Lipinski definition) is 7. The molecule has 0 aliphatic carbocycles. The number of sulfonamides is 1. The van der Waals surface area contributed by atoms with E-state index in [9.17, 15) is 8.42 Å². The van der Waals surface area contributed by atoms with Crippen molar-refractivity contribution in [3.63, 3.8) is 0 Å². The minimum atomic E-state index is -3.86. The third kappa shape index (κ3) is 4.11. The molecule has 0 aliphatic heterocycles. The fraction of sp³-hybridized carbons (Fsp3) is 0.375. The van der Waals surface area contributed by atoms with Gasteiger partial charge in [-0.05, 0) is 24.6 Å². The van der Waals surface area contributed by atoms with E-state index in [0.717, 1.165) is 5.56 Å². The summed E-state index contributed by atoms with van der Waals surface area (Å²) in [5.74, 6) is 1.23. The molecule has 25 heavy (non-hydrogen) atoms. The lowest BCUT2D eigenvalue weighted by molar-refractivity contribution is 0.402. The molecule has 1 aromatic carbocycles. The van der Waals surface area contributed by atoms with Crippen molar-refractivity contribution in [2.45, 2.75) is 11.8 Å². The molecule has 2 rings (SSSR count). The van der Waals surface area contributed by atoms with Gasteiger partial charge >= 0.3 is 0 Å². The minimum absolute atomic E-state index is 0.0661. The molecule has 0 saturated carbocycles. The smallest absolute Gasteiger partial charge is 0.265 e. The van der Waals surface area contributed by atoms with Crippen molar-refractivity contribution in [2.75, 3.05) is 49.8 Å². The van der Waals surface area contributed by atoms with Gasteiger partial charge in [-0.1, -0.05) is 6.07 Å². The summed E-state index contributed by atoms with van der Waals surface area (Å²) in [5, 5.41) is 0. The zero-order valence-electron chi connectivity index (χ0n) is 15.2. The molecule has 9 heteroatoms. The molecule has 8 nitrogen and oxygen atoms in total. The van der Waals surface area contributed by atoms with Crippen LogP contribution in [0.2, 0.25) is 0 Å². The van der Waals surface area contributed by atoms with Crippen molar-refractivity contribution in [1.29, 1.82) is 0 Å². The SMILES string of the molecule is COc1ccc(C)cc1S(=O)(=O)Nc1cnc(N(C)C)nc1N(C)C. The second kappa shape index (κ2) is 7.14. The van der Waals surface area contributed by atoms with E-state index in [1.165, 1.54) is 13.3 Å². The van der Waals surface area contributed by atoms with Crippen LogP contribution in [0.25, 0.3) is 0 Å². The summed E-state index contributed by atoms with van der Waals surface area (Å²) in [5.41, 5.74) is 1.10. The zero-order valence-corrected chi connectivity index (χ0v) is 16.0. The maximum atomic E-state index is 12.9. The molecule has 0 amide bonds.